The van der Waals surface area contributed by atoms with E-state index < -0.39 is 0 Å². The van der Waals surface area contributed by atoms with Gasteiger partial charge < -0.3 is 15.0 Å². The molecule has 1 heterocycles. The van der Waals surface area contributed by atoms with Gasteiger partial charge >= 0.3 is 0 Å². The SMILES string of the molecule is COc1cc(-n2c(C)cc3c2CCCC3N)ccc1F. The zero-order valence-electron chi connectivity index (χ0n) is 11.8. The van der Waals surface area contributed by atoms with Gasteiger partial charge in [0.1, 0.15) is 0 Å². The fourth-order valence-electron chi connectivity index (χ4n) is 3.08. The molecule has 0 bridgehead atoms. The van der Waals surface area contributed by atoms with Crippen molar-refractivity contribution in [1.82, 2.24) is 4.57 Å². The Morgan fingerprint density at radius 3 is 2.90 bits per heavy atom. The molecule has 0 aliphatic heterocycles. The minimum Gasteiger partial charge on any atom is -0.494 e. The van der Waals surface area contributed by atoms with E-state index in [0.29, 0.717) is 0 Å². The van der Waals surface area contributed by atoms with Gasteiger partial charge in [-0.15, -0.1) is 0 Å². The summed E-state index contributed by atoms with van der Waals surface area (Å²) in [5, 5.41) is 0. The summed E-state index contributed by atoms with van der Waals surface area (Å²) in [5.41, 5.74) is 10.7. The van der Waals surface area contributed by atoms with Crippen LogP contribution in [0.1, 0.15) is 35.8 Å². The molecule has 1 atom stereocenters. The van der Waals surface area contributed by atoms with Crippen molar-refractivity contribution < 1.29 is 9.13 Å². The molecule has 1 aliphatic carbocycles. The Balaban J connectivity index is 2.15. The molecular formula is C16H19FN2O. The van der Waals surface area contributed by atoms with Crippen LogP contribution in [0.25, 0.3) is 5.69 Å². The van der Waals surface area contributed by atoms with Crippen LogP contribution < -0.4 is 10.5 Å². The van der Waals surface area contributed by atoms with Gasteiger partial charge in [-0.05, 0) is 49.9 Å². The Bertz CT molecular complexity index is 648. The third kappa shape index (κ3) is 2.00. The van der Waals surface area contributed by atoms with Crippen LogP contribution in [0.5, 0.6) is 5.75 Å². The van der Waals surface area contributed by atoms with E-state index >= 15 is 0 Å². The molecule has 0 spiro atoms. The molecular weight excluding hydrogens is 255 g/mol. The van der Waals surface area contributed by atoms with Crippen molar-refractivity contribution in [3.63, 3.8) is 0 Å². The predicted molar refractivity (Wildman–Crippen MR) is 76.9 cm³/mol. The van der Waals surface area contributed by atoms with Crippen LogP contribution in [0, 0.1) is 12.7 Å². The topological polar surface area (TPSA) is 40.2 Å². The lowest BCUT2D eigenvalue weighted by atomic mass is 9.93. The van der Waals surface area contributed by atoms with E-state index in [4.69, 9.17) is 10.5 Å². The monoisotopic (exact) mass is 274 g/mol. The molecule has 1 aromatic heterocycles. The van der Waals surface area contributed by atoms with Crippen molar-refractivity contribution in [2.45, 2.75) is 32.2 Å². The van der Waals surface area contributed by atoms with Crippen LogP contribution in [-0.4, -0.2) is 11.7 Å². The number of rotatable bonds is 2. The van der Waals surface area contributed by atoms with E-state index in [2.05, 4.69) is 17.6 Å². The van der Waals surface area contributed by atoms with Crippen LogP contribution in [0.3, 0.4) is 0 Å². The van der Waals surface area contributed by atoms with E-state index in [1.165, 1.54) is 24.4 Å². The van der Waals surface area contributed by atoms with E-state index in [9.17, 15) is 4.39 Å². The Labute approximate surface area is 118 Å². The molecule has 2 N–H and O–H groups in total. The second-order valence-electron chi connectivity index (χ2n) is 5.34. The molecule has 0 amide bonds. The van der Waals surface area contributed by atoms with Crippen molar-refractivity contribution in [3.8, 4) is 11.4 Å². The molecule has 106 valence electrons. The van der Waals surface area contributed by atoms with E-state index in [1.807, 2.05) is 0 Å². The average Bonchev–Trinajstić information content (AvgIpc) is 2.77. The number of fused-ring (bicyclic) bond motifs is 1. The van der Waals surface area contributed by atoms with Crippen LogP contribution in [-0.2, 0) is 6.42 Å². The molecule has 0 saturated heterocycles. The molecule has 0 fully saturated rings. The first-order valence-electron chi connectivity index (χ1n) is 6.92. The number of hydrogen-bond donors (Lipinski definition) is 1. The van der Waals surface area contributed by atoms with Crippen LogP contribution >= 0.6 is 0 Å². The van der Waals surface area contributed by atoms with Crippen molar-refractivity contribution in [3.05, 3.63) is 47.0 Å². The summed E-state index contributed by atoms with van der Waals surface area (Å²) in [6.07, 6.45) is 3.13. The maximum absolute atomic E-state index is 13.6. The molecule has 1 aromatic carbocycles. The van der Waals surface area contributed by atoms with E-state index in [-0.39, 0.29) is 17.6 Å². The fourth-order valence-corrected chi connectivity index (χ4v) is 3.08. The number of ether oxygens (including phenoxy) is 1. The number of aromatic nitrogens is 1. The summed E-state index contributed by atoms with van der Waals surface area (Å²) >= 11 is 0. The number of benzene rings is 1. The van der Waals surface area contributed by atoms with Gasteiger partial charge in [0.25, 0.3) is 0 Å². The van der Waals surface area contributed by atoms with Crippen LogP contribution in [0.4, 0.5) is 4.39 Å². The minimum absolute atomic E-state index is 0.112. The van der Waals surface area contributed by atoms with Gasteiger partial charge in [0.15, 0.2) is 11.6 Å². The number of nitrogens with zero attached hydrogens (tertiary/aromatic N) is 1. The van der Waals surface area contributed by atoms with Crippen LogP contribution in [0.2, 0.25) is 0 Å². The second-order valence-corrected chi connectivity index (χ2v) is 5.34. The summed E-state index contributed by atoms with van der Waals surface area (Å²) in [5.74, 6) is -0.0731. The predicted octanol–water partition coefficient (Wildman–Crippen LogP) is 3.27. The zero-order valence-corrected chi connectivity index (χ0v) is 11.8. The normalized spacial score (nSPS) is 17.9. The fraction of sp³-hybridized carbons (Fsp3) is 0.375. The Morgan fingerprint density at radius 2 is 2.15 bits per heavy atom. The third-order valence-electron chi connectivity index (χ3n) is 4.04. The van der Waals surface area contributed by atoms with Gasteiger partial charge in [-0.25, -0.2) is 4.39 Å². The molecule has 1 aliphatic rings. The molecule has 4 heteroatoms. The van der Waals surface area contributed by atoms with Gasteiger partial charge in [0.2, 0.25) is 0 Å². The van der Waals surface area contributed by atoms with Gasteiger partial charge in [0, 0.05) is 29.2 Å². The first kappa shape index (κ1) is 13.2. The summed E-state index contributed by atoms with van der Waals surface area (Å²) < 4.78 is 20.8. The first-order valence-corrected chi connectivity index (χ1v) is 6.92. The molecule has 20 heavy (non-hydrogen) atoms. The average molecular weight is 274 g/mol. The quantitative estimate of drug-likeness (QED) is 0.913. The molecule has 3 rings (SSSR count). The molecule has 2 aromatic rings. The summed E-state index contributed by atoms with van der Waals surface area (Å²) in [4.78, 5) is 0. The Kier molecular flexibility index (Phi) is 3.26. The van der Waals surface area contributed by atoms with Gasteiger partial charge in [-0.2, -0.15) is 0 Å². The smallest absolute Gasteiger partial charge is 0.165 e. The number of nitrogens with two attached hydrogens (primary N) is 1. The summed E-state index contributed by atoms with van der Waals surface area (Å²) in [6.45, 7) is 2.06. The highest BCUT2D eigenvalue weighted by Crippen LogP contribution is 2.33. The molecule has 3 nitrogen and oxygen atoms in total. The van der Waals surface area contributed by atoms with E-state index in [0.717, 1.165) is 30.6 Å². The molecule has 1 unspecified atom stereocenters. The number of methoxy groups -OCH3 is 1. The summed E-state index contributed by atoms with van der Waals surface area (Å²) in [7, 11) is 1.48. The first-order chi connectivity index (χ1) is 9.61. The summed E-state index contributed by atoms with van der Waals surface area (Å²) in [6, 6.07) is 7.23. The highest BCUT2D eigenvalue weighted by molar-refractivity contribution is 5.47. The van der Waals surface area contributed by atoms with Crippen molar-refractivity contribution in [2.24, 2.45) is 5.73 Å². The van der Waals surface area contributed by atoms with Gasteiger partial charge in [-0.3, -0.25) is 0 Å². The lowest BCUT2D eigenvalue weighted by molar-refractivity contribution is 0.386. The van der Waals surface area contributed by atoms with Gasteiger partial charge in [0.05, 0.1) is 7.11 Å². The number of aryl methyl sites for hydroxylation is 1. The lowest BCUT2D eigenvalue weighted by Gasteiger charge is -2.21. The van der Waals surface area contributed by atoms with Crippen molar-refractivity contribution in [2.75, 3.05) is 7.11 Å². The largest absolute Gasteiger partial charge is 0.494 e. The highest BCUT2D eigenvalue weighted by atomic mass is 19.1. The Hall–Kier alpha value is -1.81. The third-order valence-corrected chi connectivity index (χ3v) is 4.04. The Morgan fingerprint density at radius 1 is 1.35 bits per heavy atom. The van der Waals surface area contributed by atoms with Crippen molar-refractivity contribution >= 4 is 0 Å². The van der Waals surface area contributed by atoms with Crippen molar-refractivity contribution in [1.29, 1.82) is 0 Å². The molecule has 0 radical (unpaired) electrons. The van der Waals surface area contributed by atoms with E-state index in [1.54, 1.807) is 12.1 Å². The maximum atomic E-state index is 13.6. The number of halogens is 1. The zero-order chi connectivity index (χ0) is 14.3. The minimum atomic E-state index is -0.341. The highest BCUT2D eigenvalue weighted by Gasteiger charge is 2.23. The number of hydrogen-bond acceptors (Lipinski definition) is 2. The standard InChI is InChI=1S/C16H19FN2O/c1-10-8-12-14(18)4-3-5-15(12)19(10)11-6-7-13(17)16(9-11)20-2/h6-9,14H,3-5,18H2,1-2H3. The molecule has 0 saturated carbocycles. The van der Waals surface area contributed by atoms with Crippen LogP contribution in [0.15, 0.2) is 24.3 Å². The lowest BCUT2D eigenvalue weighted by Crippen LogP contribution is -2.18. The van der Waals surface area contributed by atoms with Gasteiger partial charge in [-0.1, -0.05) is 0 Å². The second kappa shape index (κ2) is 4.94. The maximum Gasteiger partial charge on any atom is 0.165 e.